The van der Waals surface area contributed by atoms with Crippen LogP contribution in [0.3, 0.4) is 0 Å². The van der Waals surface area contributed by atoms with Crippen LogP contribution in [0.1, 0.15) is 140 Å². The van der Waals surface area contributed by atoms with Gasteiger partial charge in [0.05, 0.1) is 47.8 Å². The monoisotopic (exact) mass is 859 g/mol. The second-order valence-corrected chi connectivity index (χ2v) is 19.3. The maximum absolute atomic E-state index is 14.6. The molecule has 5 heterocycles. The van der Waals surface area contributed by atoms with Crippen LogP contribution in [-0.2, 0) is 33.3 Å². The molecule has 2 spiro atoms. The molecule has 5 rings (SSSR count). The predicted octanol–water partition coefficient (Wildman–Crippen LogP) is 2.35. The van der Waals surface area contributed by atoms with Gasteiger partial charge in [0, 0.05) is 48.5 Å². The van der Waals surface area contributed by atoms with Crippen LogP contribution in [0.2, 0.25) is 0 Å². The summed E-state index contributed by atoms with van der Waals surface area (Å²) in [5.74, 6) is -5.93. The van der Waals surface area contributed by atoms with Crippen LogP contribution in [0.25, 0.3) is 0 Å². The Kier molecular flexibility index (Phi) is 17.6. The van der Waals surface area contributed by atoms with Crippen molar-refractivity contribution in [2.45, 2.75) is 206 Å². The van der Waals surface area contributed by atoms with Crippen molar-refractivity contribution in [3.63, 3.8) is 0 Å². The Hall–Kier alpha value is -0.710. The number of carbonyl (C=O) groups is 2. The summed E-state index contributed by atoms with van der Waals surface area (Å²) in [6.07, 6.45) is 7.11. The van der Waals surface area contributed by atoms with Gasteiger partial charge in [-0.05, 0) is 109 Å². The van der Waals surface area contributed by atoms with Gasteiger partial charge in [0.1, 0.15) is 11.8 Å². The van der Waals surface area contributed by atoms with Gasteiger partial charge in [0.15, 0.2) is 16.7 Å². The number of thiocarbonyl (C=S) groups is 1. The number of rotatable bonds is 14. The summed E-state index contributed by atoms with van der Waals surface area (Å²) < 4.78 is 34.6. The van der Waals surface area contributed by atoms with Crippen LogP contribution in [0.4, 0.5) is 0 Å². The fourth-order valence-electron chi connectivity index (χ4n) is 11.0. The van der Waals surface area contributed by atoms with Gasteiger partial charge in [0.25, 0.3) is 0 Å². The van der Waals surface area contributed by atoms with Crippen LogP contribution in [-0.4, -0.2) is 99.1 Å². The zero-order valence-electron chi connectivity index (χ0n) is 38.1. The number of carboxylic acid groups (broad SMARTS) is 1. The van der Waals surface area contributed by atoms with E-state index in [1.165, 1.54) is 0 Å². The number of Topliss-reactive ketones (excluding diaryl/α,β-unsaturated/α-hetero) is 1. The largest absolute Gasteiger partial charge is 1.00 e. The van der Waals surface area contributed by atoms with Crippen molar-refractivity contribution >= 4 is 29.1 Å². The van der Waals surface area contributed by atoms with E-state index in [0.29, 0.717) is 63.0 Å². The summed E-state index contributed by atoms with van der Waals surface area (Å²) in [7, 11) is 0. The van der Waals surface area contributed by atoms with Gasteiger partial charge in [0.2, 0.25) is 0 Å². The minimum atomic E-state index is -1.21. The first-order valence-corrected chi connectivity index (χ1v) is 22.9. The van der Waals surface area contributed by atoms with E-state index >= 15 is 0 Å². The second kappa shape index (κ2) is 20.4. The van der Waals surface area contributed by atoms with E-state index in [-0.39, 0.29) is 65.3 Å². The molecule has 14 heteroatoms. The molecule has 4 N–H and O–H groups in total. The first-order chi connectivity index (χ1) is 27.2. The number of hydrogen-bond acceptors (Lipinski definition) is 11. The van der Waals surface area contributed by atoms with E-state index < -0.39 is 82.9 Å². The third-order valence-electron chi connectivity index (χ3n) is 15.1. The summed E-state index contributed by atoms with van der Waals surface area (Å²) in [6.45, 7) is 22.4. The van der Waals surface area contributed by atoms with Crippen molar-refractivity contribution in [3.8, 4) is 0 Å². The zero-order valence-corrected chi connectivity index (χ0v) is 40.9. The summed E-state index contributed by atoms with van der Waals surface area (Å²) >= 11 is 5.67. The van der Waals surface area contributed by atoms with Gasteiger partial charge in [-0.2, -0.15) is 0 Å². The maximum atomic E-state index is 14.6. The number of aliphatic hydroxyl groups excluding tert-OH is 1. The summed E-state index contributed by atoms with van der Waals surface area (Å²) in [4.78, 5) is 26.5. The molecule has 5 aliphatic heterocycles. The van der Waals surface area contributed by atoms with Crippen molar-refractivity contribution in [2.24, 2.45) is 41.4 Å². The Balaban J connectivity index is 0.00000769. The fourth-order valence-corrected chi connectivity index (χ4v) is 11.3. The molecular formula is C45H75N2NaO10S. The van der Waals surface area contributed by atoms with E-state index in [9.17, 15) is 24.9 Å². The zero-order chi connectivity index (χ0) is 43.0. The Morgan fingerprint density at radius 2 is 1.61 bits per heavy atom. The molecule has 4 saturated heterocycles. The molecular weight excluding hydrogens is 784 g/mol. The molecule has 332 valence electrons. The number of aliphatic hydroxyl groups is 2. The van der Waals surface area contributed by atoms with E-state index in [0.717, 1.165) is 12.8 Å². The minimum absolute atomic E-state index is 0. The van der Waals surface area contributed by atoms with Gasteiger partial charge in [-0.25, -0.2) is 0 Å². The summed E-state index contributed by atoms with van der Waals surface area (Å²) in [5, 5.41) is 42.0. The van der Waals surface area contributed by atoms with Crippen molar-refractivity contribution in [1.29, 1.82) is 0 Å². The number of hydrogen-bond donors (Lipinski definition) is 4. The van der Waals surface area contributed by atoms with Crippen LogP contribution in [0.15, 0.2) is 12.2 Å². The average Bonchev–Trinajstić information content (AvgIpc) is 3.52. The van der Waals surface area contributed by atoms with Gasteiger partial charge in [-0.15, -0.1) is 0 Å². The van der Waals surface area contributed by atoms with E-state index in [1.54, 1.807) is 6.92 Å². The molecule has 0 saturated carbocycles. The summed E-state index contributed by atoms with van der Waals surface area (Å²) in [5.41, 5.74) is -1.59. The summed E-state index contributed by atoms with van der Waals surface area (Å²) in [6, 6.07) is -0.447. The molecule has 0 aromatic rings. The first-order valence-electron chi connectivity index (χ1n) is 22.5. The Bertz CT molecular complexity index is 1490. The molecule has 0 aromatic carbocycles. The maximum Gasteiger partial charge on any atom is 1.00 e. The Morgan fingerprint density at radius 1 is 0.932 bits per heavy atom. The topological polar surface area (TPSA) is 168 Å². The van der Waals surface area contributed by atoms with Gasteiger partial charge < -0.3 is 54.4 Å². The van der Waals surface area contributed by atoms with Crippen LogP contribution in [0.5, 0.6) is 0 Å². The van der Waals surface area contributed by atoms with E-state index in [4.69, 9.17) is 35.9 Å². The third kappa shape index (κ3) is 10.3. The normalized spacial score (nSPS) is 42.3. The van der Waals surface area contributed by atoms with E-state index in [2.05, 4.69) is 38.3 Å². The molecule has 12 nitrogen and oxygen atoms in total. The standard InChI is InChI=1S/C45H76N2O10S.Na/c1-12-31(40(50)51)33-17-16-25(5)38(54-33)29(9)36(48)28(8)37(49)32(13-2)39-26(6)24-27(7)44(55-39)21-18-34(47-41(58)46-15-4)45(57-44)23-22-42(11,56-45)35-19-20-43(52,14-3)30(10)53-35;/h18,21,25-36,38-39,48,52H,12-17,19-20,22-24H2,1-11H3,(H,50,51)(H2,46,47,58);/q;+1/p-1/t25-,26-,27+,28-,29-,30-,31+,32-,33+,34-,35+,36+,38+,39-,42-,43+,44-,45-;/m0./s1. The average molecular weight is 859 g/mol. The third-order valence-corrected chi connectivity index (χ3v) is 15.4. The van der Waals surface area contributed by atoms with Gasteiger partial charge in [-0.1, -0.05) is 61.5 Å². The quantitative estimate of drug-likeness (QED) is 0.114. The minimum Gasteiger partial charge on any atom is -0.550 e. The molecule has 0 aliphatic carbocycles. The van der Waals surface area contributed by atoms with Crippen molar-refractivity contribution in [3.05, 3.63) is 12.2 Å². The predicted molar refractivity (Wildman–Crippen MR) is 223 cm³/mol. The smallest absolute Gasteiger partial charge is 0.550 e. The number of carbonyl (C=O) groups excluding carboxylic acids is 2. The molecule has 4 fully saturated rings. The second-order valence-electron chi connectivity index (χ2n) is 18.9. The van der Waals surface area contributed by atoms with Gasteiger partial charge >= 0.3 is 29.6 Å². The molecule has 0 unspecified atom stereocenters. The van der Waals surface area contributed by atoms with Crippen molar-refractivity contribution < 1.29 is 78.2 Å². The molecule has 59 heavy (non-hydrogen) atoms. The molecule has 5 aliphatic rings. The Morgan fingerprint density at radius 3 is 2.20 bits per heavy atom. The Labute approximate surface area is 381 Å². The van der Waals surface area contributed by atoms with E-state index in [1.807, 2.05) is 53.7 Å². The number of ether oxygens (including phenoxy) is 5. The molecule has 0 bridgehead atoms. The molecule has 0 radical (unpaired) electrons. The number of carboxylic acids is 1. The first kappa shape index (κ1) is 50.9. The molecule has 0 aromatic heterocycles. The number of nitrogens with one attached hydrogen (secondary N) is 2. The number of aliphatic carboxylic acids is 1. The van der Waals surface area contributed by atoms with Gasteiger partial charge in [-0.3, -0.25) is 4.79 Å². The molecule has 18 atom stereocenters. The van der Waals surface area contributed by atoms with Crippen molar-refractivity contribution in [2.75, 3.05) is 6.54 Å². The fraction of sp³-hybridized carbons (Fsp3) is 0.889. The van der Waals surface area contributed by atoms with Crippen LogP contribution >= 0.6 is 12.2 Å². The SMILES string of the molecule is CCNC(=S)N[C@H]1C=C[C@]2(O[C@H]([C@@H](CC)C(=O)[C@@H](C)[C@@H](O)[C@H](C)[C@@H]3O[C@@H]([C@@H](CC)C(=O)[O-])CC[C@@H]3C)[C@@H](C)C[C@H]2C)O[C@@]12CC[C@@](C)([C@H]1CC[C@](O)(CC)[C@H](C)O1)O2.[Na+]. The number of ketones is 1. The molecule has 0 amide bonds. The van der Waals surface area contributed by atoms with Crippen LogP contribution < -0.4 is 45.3 Å². The van der Waals surface area contributed by atoms with Crippen molar-refractivity contribution in [1.82, 2.24) is 10.6 Å². The van der Waals surface area contributed by atoms with Crippen LogP contribution in [0, 0.1) is 41.4 Å².